The van der Waals surface area contributed by atoms with E-state index in [1.807, 2.05) is 23.9 Å². The highest BCUT2D eigenvalue weighted by molar-refractivity contribution is 5.63. The number of nitrogens with zero attached hydrogens (tertiary/aromatic N) is 4. The summed E-state index contributed by atoms with van der Waals surface area (Å²) in [6.45, 7) is 2.86. The van der Waals surface area contributed by atoms with Crippen molar-refractivity contribution in [2.45, 2.75) is 32.7 Å². The van der Waals surface area contributed by atoms with Gasteiger partial charge in [-0.2, -0.15) is 10.4 Å². The molecular formula is C14H15N5. The number of anilines is 2. The molecule has 0 atom stereocenters. The summed E-state index contributed by atoms with van der Waals surface area (Å²) in [5.41, 5.74) is 3.80. The minimum Gasteiger partial charge on any atom is -0.337 e. The topological polar surface area (TPSA) is 66.5 Å². The van der Waals surface area contributed by atoms with Gasteiger partial charge in [0.15, 0.2) is 0 Å². The van der Waals surface area contributed by atoms with Crippen LogP contribution in [0.4, 0.5) is 11.5 Å². The van der Waals surface area contributed by atoms with E-state index in [0.29, 0.717) is 11.4 Å². The third kappa shape index (κ3) is 2.17. The molecule has 0 bridgehead atoms. The van der Waals surface area contributed by atoms with Crippen LogP contribution in [-0.4, -0.2) is 14.8 Å². The van der Waals surface area contributed by atoms with Gasteiger partial charge in [-0.15, -0.1) is 0 Å². The molecule has 0 fully saturated rings. The summed E-state index contributed by atoms with van der Waals surface area (Å²) >= 11 is 0. The van der Waals surface area contributed by atoms with Gasteiger partial charge in [0.2, 0.25) is 0 Å². The predicted molar refractivity (Wildman–Crippen MR) is 72.2 cm³/mol. The molecule has 96 valence electrons. The van der Waals surface area contributed by atoms with Gasteiger partial charge < -0.3 is 5.32 Å². The maximum Gasteiger partial charge on any atom is 0.148 e. The summed E-state index contributed by atoms with van der Waals surface area (Å²) in [6, 6.07) is 4.17. The van der Waals surface area contributed by atoms with Crippen LogP contribution in [0.1, 0.15) is 30.2 Å². The summed E-state index contributed by atoms with van der Waals surface area (Å²) in [5.74, 6) is 0.638. The fourth-order valence-electron chi connectivity index (χ4n) is 2.39. The highest BCUT2D eigenvalue weighted by Gasteiger charge is 2.16. The van der Waals surface area contributed by atoms with Gasteiger partial charge in [-0.25, -0.2) is 4.98 Å². The molecule has 19 heavy (non-hydrogen) atoms. The fourth-order valence-corrected chi connectivity index (χ4v) is 2.39. The molecule has 2 aromatic heterocycles. The van der Waals surface area contributed by atoms with Crippen LogP contribution in [-0.2, 0) is 19.4 Å². The number of rotatable bonds is 3. The van der Waals surface area contributed by atoms with Crippen molar-refractivity contribution in [2.24, 2.45) is 0 Å². The number of fused-ring (bicyclic) bond motifs is 1. The molecule has 0 unspecified atom stereocenters. The van der Waals surface area contributed by atoms with Crippen molar-refractivity contribution in [3.8, 4) is 6.07 Å². The van der Waals surface area contributed by atoms with Crippen LogP contribution >= 0.6 is 0 Å². The van der Waals surface area contributed by atoms with Crippen LogP contribution in [0, 0.1) is 11.3 Å². The molecule has 2 aromatic rings. The molecule has 0 aromatic carbocycles. The number of aromatic nitrogens is 3. The lowest BCUT2D eigenvalue weighted by Crippen LogP contribution is -2.00. The average molecular weight is 253 g/mol. The van der Waals surface area contributed by atoms with Gasteiger partial charge in [-0.1, -0.05) is 0 Å². The van der Waals surface area contributed by atoms with Crippen molar-refractivity contribution in [3.05, 3.63) is 35.3 Å². The van der Waals surface area contributed by atoms with Gasteiger partial charge in [-0.05, 0) is 37.8 Å². The number of nitrogens with one attached hydrogen (secondary N) is 1. The lowest BCUT2D eigenvalue weighted by Gasteiger charge is -2.07. The van der Waals surface area contributed by atoms with Crippen molar-refractivity contribution >= 4 is 11.5 Å². The predicted octanol–water partition coefficient (Wildman–Crippen LogP) is 2.40. The van der Waals surface area contributed by atoms with Crippen LogP contribution in [0.3, 0.4) is 0 Å². The van der Waals surface area contributed by atoms with Gasteiger partial charge in [0.1, 0.15) is 11.9 Å². The van der Waals surface area contributed by atoms with Crippen LogP contribution in [0.5, 0.6) is 0 Å². The Kier molecular flexibility index (Phi) is 2.92. The van der Waals surface area contributed by atoms with E-state index in [1.54, 1.807) is 6.20 Å². The summed E-state index contributed by atoms with van der Waals surface area (Å²) < 4.78 is 1.84. The van der Waals surface area contributed by atoms with Gasteiger partial charge in [0.05, 0.1) is 17.4 Å². The van der Waals surface area contributed by atoms with Crippen molar-refractivity contribution in [3.63, 3.8) is 0 Å². The molecule has 1 aliphatic rings. The van der Waals surface area contributed by atoms with E-state index in [0.717, 1.165) is 37.2 Å². The Morgan fingerprint density at radius 1 is 1.47 bits per heavy atom. The molecule has 3 rings (SSSR count). The molecule has 0 aliphatic heterocycles. The zero-order chi connectivity index (χ0) is 13.2. The number of nitriles is 1. The first-order valence-corrected chi connectivity index (χ1v) is 6.52. The first-order valence-electron chi connectivity index (χ1n) is 6.52. The van der Waals surface area contributed by atoms with E-state index in [4.69, 9.17) is 0 Å². The van der Waals surface area contributed by atoms with E-state index in [9.17, 15) is 5.26 Å². The first-order chi connectivity index (χ1) is 9.30. The maximum atomic E-state index is 9.23. The molecular weight excluding hydrogens is 238 g/mol. The standard InChI is InChI=1S/C14H15N5/c1-2-19-9-12(8-16-19)17-14-11(7-15)6-10-4-3-5-13(10)18-14/h6,8-9H,2-5H2,1H3,(H,17,18). The van der Waals surface area contributed by atoms with E-state index >= 15 is 0 Å². The smallest absolute Gasteiger partial charge is 0.148 e. The molecule has 5 heteroatoms. The lowest BCUT2D eigenvalue weighted by molar-refractivity contribution is 0.660. The fraction of sp³-hybridized carbons (Fsp3) is 0.357. The number of hydrogen-bond donors (Lipinski definition) is 1. The molecule has 0 saturated carbocycles. The van der Waals surface area contributed by atoms with Gasteiger partial charge in [0, 0.05) is 18.4 Å². The summed E-state index contributed by atoms with van der Waals surface area (Å²) in [4.78, 5) is 4.58. The third-order valence-electron chi connectivity index (χ3n) is 3.39. The summed E-state index contributed by atoms with van der Waals surface area (Å²) in [7, 11) is 0. The van der Waals surface area contributed by atoms with E-state index in [2.05, 4.69) is 21.5 Å². The number of hydrogen-bond acceptors (Lipinski definition) is 4. The molecule has 0 radical (unpaired) electrons. The third-order valence-corrected chi connectivity index (χ3v) is 3.39. The van der Waals surface area contributed by atoms with E-state index < -0.39 is 0 Å². The lowest BCUT2D eigenvalue weighted by atomic mass is 10.1. The highest BCUT2D eigenvalue weighted by Crippen LogP contribution is 2.26. The Labute approximate surface area is 111 Å². The largest absolute Gasteiger partial charge is 0.337 e. The molecule has 2 heterocycles. The van der Waals surface area contributed by atoms with Crippen LogP contribution < -0.4 is 5.32 Å². The molecule has 0 amide bonds. The van der Waals surface area contributed by atoms with Crippen molar-refractivity contribution < 1.29 is 0 Å². The Morgan fingerprint density at radius 3 is 3.11 bits per heavy atom. The Bertz CT molecular complexity index is 650. The van der Waals surface area contributed by atoms with E-state index in [1.165, 1.54) is 5.56 Å². The summed E-state index contributed by atoms with van der Waals surface area (Å²) in [5, 5.41) is 16.6. The molecule has 0 saturated heterocycles. The minimum absolute atomic E-state index is 0.602. The Balaban J connectivity index is 1.94. The molecule has 1 N–H and O–H groups in total. The Morgan fingerprint density at radius 2 is 2.37 bits per heavy atom. The SMILES string of the molecule is CCn1cc(Nc2nc3c(cc2C#N)CCC3)cn1. The minimum atomic E-state index is 0.602. The molecule has 1 aliphatic carbocycles. The average Bonchev–Trinajstić information content (AvgIpc) is 3.06. The van der Waals surface area contributed by atoms with Crippen LogP contribution in [0.2, 0.25) is 0 Å². The zero-order valence-electron chi connectivity index (χ0n) is 10.8. The summed E-state index contributed by atoms with van der Waals surface area (Å²) in [6.07, 6.45) is 6.83. The van der Waals surface area contributed by atoms with Gasteiger partial charge >= 0.3 is 0 Å². The molecule has 5 nitrogen and oxygen atoms in total. The van der Waals surface area contributed by atoms with Gasteiger partial charge in [-0.3, -0.25) is 4.68 Å². The van der Waals surface area contributed by atoms with Crippen molar-refractivity contribution in [2.75, 3.05) is 5.32 Å². The van der Waals surface area contributed by atoms with Gasteiger partial charge in [0.25, 0.3) is 0 Å². The highest BCUT2D eigenvalue weighted by atomic mass is 15.3. The van der Waals surface area contributed by atoms with Crippen molar-refractivity contribution in [1.29, 1.82) is 5.26 Å². The molecule has 0 spiro atoms. The first kappa shape index (κ1) is 11.7. The second-order valence-electron chi connectivity index (χ2n) is 4.67. The number of aryl methyl sites for hydroxylation is 3. The second-order valence-corrected chi connectivity index (χ2v) is 4.67. The monoisotopic (exact) mass is 253 g/mol. The van der Waals surface area contributed by atoms with Crippen LogP contribution in [0.15, 0.2) is 18.5 Å². The zero-order valence-corrected chi connectivity index (χ0v) is 10.8. The number of pyridine rings is 1. The van der Waals surface area contributed by atoms with Crippen LogP contribution in [0.25, 0.3) is 0 Å². The normalized spacial score (nSPS) is 13.1. The van der Waals surface area contributed by atoms with Crippen molar-refractivity contribution in [1.82, 2.24) is 14.8 Å². The second kappa shape index (κ2) is 4.73. The maximum absolute atomic E-state index is 9.23. The quantitative estimate of drug-likeness (QED) is 0.912. The Hall–Kier alpha value is -2.35. The van der Waals surface area contributed by atoms with E-state index in [-0.39, 0.29) is 0 Å².